The van der Waals surface area contributed by atoms with Crippen molar-refractivity contribution in [2.24, 2.45) is 0 Å². The number of rotatable bonds is 4. The minimum Gasteiger partial charge on any atom is -0.384 e. The van der Waals surface area contributed by atoms with Gasteiger partial charge in [0.1, 0.15) is 0 Å². The third-order valence-electron chi connectivity index (χ3n) is 1.74. The number of nitro benzene ring substituents is 1. The molecule has 0 saturated carbocycles. The standard InChI is InChI=1S/C9H11NO3/c1-13-7-6-8-2-4-9(5-3-8)10(11)12/h2-5H,6-7H2,1H3. The third-order valence-corrected chi connectivity index (χ3v) is 1.74. The van der Waals surface area contributed by atoms with Crippen LogP contribution in [0, 0.1) is 10.1 Å². The molecule has 1 aromatic carbocycles. The van der Waals surface area contributed by atoms with Crippen molar-refractivity contribution in [3.8, 4) is 0 Å². The Labute approximate surface area is 76.3 Å². The van der Waals surface area contributed by atoms with Gasteiger partial charge in [0.05, 0.1) is 11.5 Å². The fourth-order valence-electron chi connectivity index (χ4n) is 1.00. The molecule has 0 saturated heterocycles. The number of hydrogen-bond acceptors (Lipinski definition) is 3. The summed E-state index contributed by atoms with van der Waals surface area (Å²) in [6, 6.07) is 6.50. The summed E-state index contributed by atoms with van der Waals surface area (Å²) in [6.07, 6.45) is 0.786. The Balaban J connectivity index is 2.64. The quantitative estimate of drug-likeness (QED) is 0.525. The summed E-state index contributed by atoms with van der Waals surface area (Å²) in [5.74, 6) is 0. The van der Waals surface area contributed by atoms with Gasteiger partial charge in [0.25, 0.3) is 5.69 Å². The van der Waals surface area contributed by atoms with Crippen LogP contribution in [0.15, 0.2) is 24.3 Å². The molecule has 0 aliphatic rings. The zero-order valence-corrected chi connectivity index (χ0v) is 7.40. The van der Waals surface area contributed by atoms with Gasteiger partial charge in [-0.1, -0.05) is 12.1 Å². The second-order valence-electron chi connectivity index (χ2n) is 2.67. The summed E-state index contributed by atoms with van der Waals surface area (Å²) < 4.78 is 4.89. The predicted octanol–water partition coefficient (Wildman–Crippen LogP) is 1.78. The molecule has 0 N–H and O–H groups in total. The second-order valence-corrected chi connectivity index (χ2v) is 2.67. The number of benzene rings is 1. The van der Waals surface area contributed by atoms with E-state index >= 15 is 0 Å². The lowest BCUT2D eigenvalue weighted by Crippen LogP contribution is -1.94. The van der Waals surface area contributed by atoms with Gasteiger partial charge in [-0.15, -0.1) is 0 Å². The molecule has 0 amide bonds. The lowest BCUT2D eigenvalue weighted by atomic mass is 10.1. The summed E-state index contributed by atoms with van der Waals surface area (Å²) in [4.78, 5) is 9.90. The van der Waals surface area contributed by atoms with Gasteiger partial charge in [0, 0.05) is 19.2 Å². The van der Waals surface area contributed by atoms with Crippen LogP contribution in [-0.4, -0.2) is 18.6 Å². The fourth-order valence-corrected chi connectivity index (χ4v) is 1.00. The second kappa shape index (κ2) is 4.57. The van der Waals surface area contributed by atoms with Crippen molar-refractivity contribution in [3.05, 3.63) is 39.9 Å². The van der Waals surface area contributed by atoms with Crippen LogP contribution in [0.25, 0.3) is 0 Å². The molecule has 1 aromatic rings. The maximum atomic E-state index is 10.3. The van der Waals surface area contributed by atoms with E-state index in [1.807, 2.05) is 0 Å². The molecule has 4 nitrogen and oxygen atoms in total. The topological polar surface area (TPSA) is 52.4 Å². The Hall–Kier alpha value is -1.42. The van der Waals surface area contributed by atoms with E-state index < -0.39 is 4.92 Å². The van der Waals surface area contributed by atoms with E-state index in [0.717, 1.165) is 12.0 Å². The highest BCUT2D eigenvalue weighted by Crippen LogP contribution is 2.11. The molecule has 13 heavy (non-hydrogen) atoms. The number of nitro groups is 1. The average Bonchev–Trinajstić information content (AvgIpc) is 2.15. The van der Waals surface area contributed by atoms with E-state index in [4.69, 9.17) is 4.74 Å². The molecule has 0 atom stereocenters. The van der Waals surface area contributed by atoms with Crippen LogP contribution >= 0.6 is 0 Å². The summed E-state index contributed by atoms with van der Waals surface area (Å²) in [7, 11) is 1.63. The van der Waals surface area contributed by atoms with E-state index in [1.54, 1.807) is 19.2 Å². The van der Waals surface area contributed by atoms with E-state index in [9.17, 15) is 10.1 Å². The molecule has 4 heteroatoms. The van der Waals surface area contributed by atoms with Crippen molar-refractivity contribution in [1.29, 1.82) is 0 Å². The summed E-state index contributed by atoms with van der Waals surface area (Å²) in [6.45, 7) is 0.637. The number of hydrogen-bond donors (Lipinski definition) is 0. The molecule has 1 rings (SSSR count). The lowest BCUT2D eigenvalue weighted by Gasteiger charge is -1.98. The fraction of sp³-hybridized carbons (Fsp3) is 0.333. The molecule has 0 aromatic heterocycles. The van der Waals surface area contributed by atoms with Gasteiger partial charge in [-0.25, -0.2) is 0 Å². The molecule has 0 spiro atoms. The molecule has 0 bridgehead atoms. The molecule has 0 aliphatic carbocycles. The van der Waals surface area contributed by atoms with Gasteiger partial charge in [-0.3, -0.25) is 10.1 Å². The maximum absolute atomic E-state index is 10.3. The Morgan fingerprint density at radius 2 is 2.00 bits per heavy atom. The molecule has 0 radical (unpaired) electrons. The van der Waals surface area contributed by atoms with Gasteiger partial charge in [0.15, 0.2) is 0 Å². The summed E-state index contributed by atoms with van der Waals surface area (Å²) in [5, 5.41) is 10.3. The van der Waals surface area contributed by atoms with Crippen LogP contribution in [0.1, 0.15) is 5.56 Å². The smallest absolute Gasteiger partial charge is 0.269 e. The number of methoxy groups -OCH3 is 1. The van der Waals surface area contributed by atoms with Crippen molar-refractivity contribution in [3.63, 3.8) is 0 Å². The van der Waals surface area contributed by atoms with Crippen LogP contribution in [0.5, 0.6) is 0 Å². The van der Waals surface area contributed by atoms with Crippen molar-refractivity contribution in [2.45, 2.75) is 6.42 Å². The van der Waals surface area contributed by atoms with E-state index in [-0.39, 0.29) is 5.69 Å². The Morgan fingerprint density at radius 1 is 1.38 bits per heavy atom. The van der Waals surface area contributed by atoms with Gasteiger partial charge >= 0.3 is 0 Å². The van der Waals surface area contributed by atoms with Crippen LogP contribution in [0.4, 0.5) is 5.69 Å². The molecule has 0 aliphatic heterocycles. The maximum Gasteiger partial charge on any atom is 0.269 e. The van der Waals surface area contributed by atoms with Gasteiger partial charge in [-0.2, -0.15) is 0 Å². The molecule has 0 fully saturated rings. The largest absolute Gasteiger partial charge is 0.384 e. The zero-order chi connectivity index (χ0) is 9.68. The van der Waals surface area contributed by atoms with Gasteiger partial charge in [-0.05, 0) is 12.0 Å². The van der Waals surface area contributed by atoms with Crippen molar-refractivity contribution < 1.29 is 9.66 Å². The average molecular weight is 181 g/mol. The first-order valence-electron chi connectivity index (χ1n) is 3.96. The van der Waals surface area contributed by atoms with Crippen LogP contribution in [-0.2, 0) is 11.2 Å². The SMILES string of the molecule is COCCc1ccc([N+](=O)[O-])cc1. The number of ether oxygens (including phenoxy) is 1. The van der Waals surface area contributed by atoms with Crippen molar-refractivity contribution in [2.75, 3.05) is 13.7 Å². The Kier molecular flexibility index (Phi) is 3.40. The first-order valence-corrected chi connectivity index (χ1v) is 3.96. The molecule has 0 unspecified atom stereocenters. The third kappa shape index (κ3) is 2.83. The van der Waals surface area contributed by atoms with E-state index in [2.05, 4.69) is 0 Å². The molecule has 0 heterocycles. The molecular weight excluding hydrogens is 170 g/mol. The first kappa shape index (κ1) is 9.67. The minimum atomic E-state index is -0.403. The normalized spacial score (nSPS) is 9.92. The highest BCUT2D eigenvalue weighted by atomic mass is 16.6. The number of non-ortho nitro benzene ring substituents is 1. The van der Waals surface area contributed by atoms with Gasteiger partial charge in [0.2, 0.25) is 0 Å². The highest BCUT2D eigenvalue weighted by Gasteiger charge is 2.02. The number of nitrogens with zero attached hydrogens (tertiary/aromatic N) is 1. The Bertz CT molecular complexity index is 281. The molecule has 70 valence electrons. The predicted molar refractivity (Wildman–Crippen MR) is 48.7 cm³/mol. The van der Waals surface area contributed by atoms with Crippen LogP contribution < -0.4 is 0 Å². The van der Waals surface area contributed by atoms with E-state index in [1.165, 1.54) is 12.1 Å². The van der Waals surface area contributed by atoms with Crippen LogP contribution in [0.3, 0.4) is 0 Å². The minimum absolute atomic E-state index is 0.126. The van der Waals surface area contributed by atoms with Crippen LogP contribution in [0.2, 0.25) is 0 Å². The monoisotopic (exact) mass is 181 g/mol. The van der Waals surface area contributed by atoms with E-state index in [0.29, 0.717) is 6.61 Å². The molecular formula is C9H11NO3. The zero-order valence-electron chi connectivity index (χ0n) is 7.40. The van der Waals surface area contributed by atoms with Gasteiger partial charge < -0.3 is 4.74 Å². The van der Waals surface area contributed by atoms with Crippen molar-refractivity contribution in [1.82, 2.24) is 0 Å². The summed E-state index contributed by atoms with van der Waals surface area (Å²) >= 11 is 0. The first-order chi connectivity index (χ1) is 6.24. The Morgan fingerprint density at radius 3 is 2.46 bits per heavy atom. The summed E-state index contributed by atoms with van der Waals surface area (Å²) in [5.41, 5.74) is 1.17. The van der Waals surface area contributed by atoms with Crippen molar-refractivity contribution >= 4 is 5.69 Å². The highest BCUT2D eigenvalue weighted by molar-refractivity contribution is 5.32. The lowest BCUT2D eigenvalue weighted by molar-refractivity contribution is -0.384.